The maximum Gasteiger partial charge on any atom is 0.306 e. The number of carbonyl (C=O) groups excluding carboxylic acids is 1. The van der Waals surface area contributed by atoms with E-state index in [1.54, 1.807) is 19.1 Å². The molecule has 1 aromatic rings. The van der Waals surface area contributed by atoms with Gasteiger partial charge in [0.05, 0.1) is 30.0 Å². The Hall–Kier alpha value is -2.07. The number of nitrogens with zero attached hydrogens (tertiary/aromatic N) is 1. The molecule has 102 valence electrons. The standard InChI is InChI=1S/C12H14N2O4S/c1-2-18-12(15)7-8-19(16,17)14-11-6-4-3-5-10(11)9-13/h3-6,14H,2,7-8H2,1H3. The van der Waals surface area contributed by atoms with E-state index in [9.17, 15) is 13.2 Å². The minimum Gasteiger partial charge on any atom is -0.466 e. The van der Waals surface area contributed by atoms with E-state index in [-0.39, 0.29) is 30.0 Å². The number of esters is 1. The van der Waals surface area contributed by atoms with Crippen molar-refractivity contribution in [1.82, 2.24) is 0 Å². The summed E-state index contributed by atoms with van der Waals surface area (Å²) < 4.78 is 30.4. The van der Waals surface area contributed by atoms with Crippen molar-refractivity contribution < 1.29 is 17.9 Å². The van der Waals surface area contributed by atoms with E-state index in [0.717, 1.165) is 0 Å². The van der Waals surface area contributed by atoms with Gasteiger partial charge in [-0.05, 0) is 19.1 Å². The number of para-hydroxylation sites is 1. The lowest BCUT2D eigenvalue weighted by Gasteiger charge is -2.08. The summed E-state index contributed by atoms with van der Waals surface area (Å²) in [5.41, 5.74) is 0.427. The summed E-state index contributed by atoms with van der Waals surface area (Å²) in [6.07, 6.45) is -0.224. The van der Waals surface area contributed by atoms with E-state index >= 15 is 0 Å². The number of nitriles is 1. The van der Waals surface area contributed by atoms with Crippen LogP contribution in [0.25, 0.3) is 0 Å². The van der Waals surface area contributed by atoms with Gasteiger partial charge in [-0.25, -0.2) is 8.42 Å². The second-order valence-electron chi connectivity index (χ2n) is 3.63. The van der Waals surface area contributed by atoms with E-state index < -0.39 is 16.0 Å². The van der Waals surface area contributed by atoms with Crippen molar-refractivity contribution in [2.75, 3.05) is 17.1 Å². The number of hydrogen-bond donors (Lipinski definition) is 1. The lowest BCUT2D eigenvalue weighted by molar-refractivity contribution is -0.142. The quantitative estimate of drug-likeness (QED) is 0.792. The van der Waals surface area contributed by atoms with Gasteiger partial charge in [-0.15, -0.1) is 0 Å². The SMILES string of the molecule is CCOC(=O)CCS(=O)(=O)Nc1ccccc1C#N. The number of rotatable bonds is 6. The van der Waals surface area contributed by atoms with E-state index in [0.29, 0.717) is 0 Å². The van der Waals surface area contributed by atoms with Crippen LogP contribution in [0.5, 0.6) is 0 Å². The van der Waals surface area contributed by atoms with Gasteiger partial charge in [-0.3, -0.25) is 9.52 Å². The average molecular weight is 282 g/mol. The third kappa shape index (κ3) is 4.97. The zero-order valence-electron chi connectivity index (χ0n) is 10.4. The first kappa shape index (κ1) is 15.0. The zero-order chi connectivity index (χ0) is 14.3. The Morgan fingerprint density at radius 1 is 1.42 bits per heavy atom. The van der Waals surface area contributed by atoms with E-state index in [1.807, 2.05) is 6.07 Å². The summed E-state index contributed by atoms with van der Waals surface area (Å²) in [7, 11) is -3.68. The molecule has 0 bridgehead atoms. The summed E-state index contributed by atoms with van der Waals surface area (Å²) in [5, 5.41) is 8.84. The van der Waals surface area contributed by atoms with Crippen LogP contribution in [0.2, 0.25) is 0 Å². The first-order chi connectivity index (χ1) is 8.98. The summed E-state index contributed by atoms with van der Waals surface area (Å²) in [6.45, 7) is 1.86. The van der Waals surface area contributed by atoms with Crippen LogP contribution >= 0.6 is 0 Å². The van der Waals surface area contributed by atoms with E-state index in [1.165, 1.54) is 12.1 Å². The summed E-state index contributed by atoms with van der Waals surface area (Å²) in [5.74, 6) is -0.951. The molecule has 0 heterocycles. The summed E-state index contributed by atoms with van der Waals surface area (Å²) >= 11 is 0. The zero-order valence-corrected chi connectivity index (χ0v) is 11.2. The van der Waals surface area contributed by atoms with E-state index in [2.05, 4.69) is 9.46 Å². The normalized spacial score (nSPS) is 10.5. The maximum atomic E-state index is 11.7. The molecule has 0 aliphatic carbocycles. The molecule has 7 heteroatoms. The highest BCUT2D eigenvalue weighted by Gasteiger charge is 2.15. The largest absolute Gasteiger partial charge is 0.466 e. The van der Waals surface area contributed by atoms with Gasteiger partial charge in [0.25, 0.3) is 0 Å². The molecule has 0 saturated heterocycles. The average Bonchev–Trinajstić information content (AvgIpc) is 2.37. The highest BCUT2D eigenvalue weighted by molar-refractivity contribution is 7.92. The van der Waals surface area contributed by atoms with Gasteiger partial charge in [0, 0.05) is 0 Å². The summed E-state index contributed by atoms with van der Waals surface area (Å²) in [4.78, 5) is 11.1. The van der Waals surface area contributed by atoms with Crippen LogP contribution in [0.4, 0.5) is 5.69 Å². The van der Waals surface area contributed by atoms with Gasteiger partial charge in [0.2, 0.25) is 10.0 Å². The molecule has 1 aromatic carbocycles. The molecule has 0 aliphatic heterocycles. The molecule has 0 amide bonds. The predicted molar refractivity (Wildman–Crippen MR) is 69.8 cm³/mol. The van der Waals surface area contributed by atoms with Crippen molar-refractivity contribution in [1.29, 1.82) is 5.26 Å². The molecule has 1 N–H and O–H groups in total. The fourth-order valence-electron chi connectivity index (χ4n) is 1.34. The minimum absolute atomic E-state index is 0.203. The first-order valence-electron chi connectivity index (χ1n) is 5.63. The number of anilines is 1. The molecular formula is C12H14N2O4S. The topological polar surface area (TPSA) is 96.3 Å². The van der Waals surface area contributed by atoms with Crippen molar-refractivity contribution in [3.63, 3.8) is 0 Å². The molecule has 19 heavy (non-hydrogen) atoms. The Morgan fingerprint density at radius 3 is 2.74 bits per heavy atom. The van der Waals surface area contributed by atoms with Gasteiger partial charge >= 0.3 is 5.97 Å². The molecule has 1 rings (SSSR count). The first-order valence-corrected chi connectivity index (χ1v) is 7.29. The lowest BCUT2D eigenvalue weighted by atomic mass is 10.2. The molecule has 0 fully saturated rings. The van der Waals surface area contributed by atoms with Gasteiger partial charge in [0.15, 0.2) is 0 Å². The fraction of sp³-hybridized carbons (Fsp3) is 0.333. The Bertz CT molecular complexity index is 590. The Morgan fingerprint density at radius 2 is 2.11 bits per heavy atom. The second kappa shape index (κ2) is 6.75. The molecule has 0 saturated carbocycles. The van der Waals surface area contributed by atoms with Gasteiger partial charge < -0.3 is 4.74 Å². The van der Waals surface area contributed by atoms with Crippen molar-refractivity contribution in [3.05, 3.63) is 29.8 Å². The molecule has 0 atom stereocenters. The highest BCUT2D eigenvalue weighted by atomic mass is 32.2. The number of hydrogen-bond acceptors (Lipinski definition) is 5. The number of ether oxygens (including phenoxy) is 1. The second-order valence-corrected chi connectivity index (χ2v) is 5.48. The monoisotopic (exact) mass is 282 g/mol. The minimum atomic E-state index is -3.68. The smallest absolute Gasteiger partial charge is 0.306 e. The van der Waals surface area contributed by atoms with E-state index in [4.69, 9.17) is 5.26 Å². The summed E-state index contributed by atoms with van der Waals surface area (Å²) in [6, 6.07) is 8.12. The Kier molecular flexibility index (Phi) is 5.33. The van der Waals surface area contributed by atoms with Crippen molar-refractivity contribution in [2.45, 2.75) is 13.3 Å². The molecular weight excluding hydrogens is 268 g/mol. The molecule has 0 aliphatic rings. The highest BCUT2D eigenvalue weighted by Crippen LogP contribution is 2.15. The fourth-order valence-corrected chi connectivity index (χ4v) is 2.39. The van der Waals surface area contributed by atoms with Crippen LogP contribution < -0.4 is 4.72 Å². The molecule has 6 nitrogen and oxygen atoms in total. The molecule has 0 radical (unpaired) electrons. The Labute approximate surface area is 112 Å². The third-order valence-corrected chi connectivity index (χ3v) is 3.47. The van der Waals surface area contributed by atoms with Crippen molar-refractivity contribution >= 4 is 21.7 Å². The van der Waals surface area contributed by atoms with Gasteiger partial charge in [-0.1, -0.05) is 12.1 Å². The van der Waals surface area contributed by atoms with Crippen LogP contribution in [0.15, 0.2) is 24.3 Å². The number of carbonyl (C=O) groups is 1. The van der Waals surface area contributed by atoms with Crippen molar-refractivity contribution in [2.24, 2.45) is 0 Å². The lowest BCUT2D eigenvalue weighted by Crippen LogP contribution is -2.20. The van der Waals surface area contributed by atoms with Crippen LogP contribution in [-0.4, -0.2) is 26.7 Å². The van der Waals surface area contributed by atoms with Crippen LogP contribution in [-0.2, 0) is 19.6 Å². The molecule has 0 spiro atoms. The Balaban J connectivity index is 2.70. The number of nitrogens with one attached hydrogen (secondary N) is 1. The maximum absolute atomic E-state index is 11.7. The number of sulfonamides is 1. The predicted octanol–water partition coefficient (Wildman–Crippen LogP) is 1.25. The number of benzene rings is 1. The van der Waals surface area contributed by atoms with Crippen LogP contribution in [0.1, 0.15) is 18.9 Å². The van der Waals surface area contributed by atoms with Crippen LogP contribution in [0, 0.1) is 11.3 Å². The van der Waals surface area contributed by atoms with Gasteiger partial charge in [-0.2, -0.15) is 5.26 Å². The van der Waals surface area contributed by atoms with Gasteiger partial charge in [0.1, 0.15) is 6.07 Å². The molecule has 0 unspecified atom stereocenters. The van der Waals surface area contributed by atoms with Crippen LogP contribution in [0.3, 0.4) is 0 Å². The van der Waals surface area contributed by atoms with Crippen molar-refractivity contribution in [3.8, 4) is 6.07 Å². The third-order valence-electron chi connectivity index (χ3n) is 2.19. The molecule has 0 aromatic heterocycles.